The van der Waals surface area contributed by atoms with E-state index < -0.39 is 0 Å². The SMILES string of the molecule is COCCNc1ccc(NC(=O)c2ccc(OC)cc2)nn1. The Hall–Kier alpha value is -2.67. The Balaban J connectivity index is 1.93. The molecule has 116 valence electrons. The summed E-state index contributed by atoms with van der Waals surface area (Å²) in [6.45, 7) is 1.22. The highest BCUT2D eigenvalue weighted by atomic mass is 16.5. The monoisotopic (exact) mass is 302 g/mol. The second kappa shape index (κ2) is 7.94. The number of carbonyl (C=O) groups excluding carboxylic acids is 1. The molecule has 1 heterocycles. The lowest BCUT2D eigenvalue weighted by Gasteiger charge is -2.07. The third-order valence-electron chi connectivity index (χ3n) is 2.87. The normalized spacial score (nSPS) is 10.1. The quantitative estimate of drug-likeness (QED) is 0.759. The van der Waals surface area contributed by atoms with Gasteiger partial charge in [-0.25, -0.2) is 0 Å². The summed E-state index contributed by atoms with van der Waals surface area (Å²) < 4.78 is 9.98. The highest BCUT2D eigenvalue weighted by Gasteiger charge is 2.07. The smallest absolute Gasteiger partial charge is 0.256 e. The lowest BCUT2D eigenvalue weighted by molar-refractivity contribution is 0.102. The van der Waals surface area contributed by atoms with Crippen molar-refractivity contribution in [2.45, 2.75) is 0 Å². The van der Waals surface area contributed by atoms with Crippen LogP contribution >= 0.6 is 0 Å². The molecule has 0 saturated carbocycles. The van der Waals surface area contributed by atoms with Crippen LogP contribution in [0.3, 0.4) is 0 Å². The molecule has 0 saturated heterocycles. The van der Waals surface area contributed by atoms with Crippen LogP contribution in [0.15, 0.2) is 36.4 Å². The van der Waals surface area contributed by atoms with Crippen LogP contribution in [-0.2, 0) is 4.74 Å². The third kappa shape index (κ3) is 4.42. The fourth-order valence-electron chi connectivity index (χ4n) is 1.71. The van der Waals surface area contributed by atoms with E-state index in [-0.39, 0.29) is 5.91 Å². The fraction of sp³-hybridized carbons (Fsp3) is 0.267. The highest BCUT2D eigenvalue weighted by Crippen LogP contribution is 2.13. The standard InChI is InChI=1S/C15H18N4O3/c1-21-10-9-16-13-7-8-14(19-18-13)17-15(20)11-3-5-12(22-2)6-4-11/h3-8H,9-10H2,1-2H3,(H,16,18)(H,17,19,20). The highest BCUT2D eigenvalue weighted by molar-refractivity contribution is 6.03. The van der Waals surface area contributed by atoms with Crippen LogP contribution in [0, 0.1) is 0 Å². The van der Waals surface area contributed by atoms with Gasteiger partial charge < -0.3 is 20.1 Å². The van der Waals surface area contributed by atoms with Crippen LogP contribution in [0.4, 0.5) is 11.6 Å². The molecule has 1 amide bonds. The molecule has 0 aliphatic carbocycles. The molecule has 0 radical (unpaired) electrons. The maximum absolute atomic E-state index is 12.1. The Morgan fingerprint density at radius 1 is 1.05 bits per heavy atom. The second-order valence-corrected chi connectivity index (χ2v) is 4.41. The summed E-state index contributed by atoms with van der Waals surface area (Å²) in [7, 11) is 3.21. The van der Waals surface area contributed by atoms with Gasteiger partial charge in [-0.15, -0.1) is 10.2 Å². The molecule has 0 unspecified atom stereocenters. The first kappa shape index (κ1) is 15.7. The van der Waals surface area contributed by atoms with Crippen LogP contribution in [0.1, 0.15) is 10.4 Å². The average molecular weight is 302 g/mol. The molecule has 2 N–H and O–H groups in total. The van der Waals surface area contributed by atoms with Crippen LogP contribution < -0.4 is 15.4 Å². The van der Waals surface area contributed by atoms with E-state index >= 15 is 0 Å². The predicted molar refractivity (Wildman–Crippen MR) is 83.3 cm³/mol. The molecule has 1 aromatic carbocycles. The number of nitrogens with zero attached hydrogens (tertiary/aromatic N) is 2. The molecule has 0 spiro atoms. The number of rotatable bonds is 7. The van der Waals surface area contributed by atoms with Gasteiger partial charge in [-0.1, -0.05) is 0 Å². The molecule has 7 nitrogen and oxygen atoms in total. The largest absolute Gasteiger partial charge is 0.497 e. The number of carbonyl (C=O) groups is 1. The van der Waals surface area contributed by atoms with Gasteiger partial charge in [-0.2, -0.15) is 0 Å². The number of hydrogen-bond acceptors (Lipinski definition) is 6. The maximum atomic E-state index is 12.1. The van der Waals surface area contributed by atoms with Gasteiger partial charge in [-0.3, -0.25) is 4.79 Å². The van der Waals surface area contributed by atoms with Crippen molar-refractivity contribution in [3.8, 4) is 5.75 Å². The van der Waals surface area contributed by atoms with Gasteiger partial charge >= 0.3 is 0 Å². The van der Waals surface area contributed by atoms with Gasteiger partial charge in [0.2, 0.25) is 0 Å². The van der Waals surface area contributed by atoms with Crippen LogP contribution in [0.25, 0.3) is 0 Å². The van der Waals surface area contributed by atoms with Gasteiger partial charge in [0.15, 0.2) is 5.82 Å². The second-order valence-electron chi connectivity index (χ2n) is 4.41. The Morgan fingerprint density at radius 2 is 1.73 bits per heavy atom. The minimum Gasteiger partial charge on any atom is -0.497 e. The van der Waals surface area contributed by atoms with Crippen molar-refractivity contribution in [2.24, 2.45) is 0 Å². The molecule has 0 aliphatic heterocycles. The van der Waals surface area contributed by atoms with Crippen LogP contribution in [-0.4, -0.2) is 43.5 Å². The Labute approximate surface area is 128 Å². The number of hydrogen-bond donors (Lipinski definition) is 2. The van der Waals surface area contributed by atoms with E-state index in [0.29, 0.717) is 36.1 Å². The van der Waals surface area contributed by atoms with E-state index in [9.17, 15) is 4.79 Å². The number of methoxy groups -OCH3 is 2. The molecule has 1 aromatic heterocycles. The summed E-state index contributed by atoms with van der Waals surface area (Å²) in [4.78, 5) is 12.1. The van der Waals surface area contributed by atoms with E-state index in [2.05, 4.69) is 20.8 Å². The fourth-order valence-corrected chi connectivity index (χ4v) is 1.71. The maximum Gasteiger partial charge on any atom is 0.256 e. The summed E-state index contributed by atoms with van der Waals surface area (Å²) in [6, 6.07) is 10.2. The predicted octanol–water partition coefficient (Wildman–Crippen LogP) is 1.80. The Kier molecular flexibility index (Phi) is 5.67. The summed E-state index contributed by atoms with van der Waals surface area (Å²) in [5, 5.41) is 13.6. The van der Waals surface area contributed by atoms with Gasteiger partial charge in [0.05, 0.1) is 13.7 Å². The lowest BCUT2D eigenvalue weighted by Crippen LogP contribution is -2.14. The molecule has 0 atom stereocenters. The van der Waals surface area contributed by atoms with Crippen LogP contribution in [0.5, 0.6) is 5.75 Å². The first-order valence-electron chi connectivity index (χ1n) is 6.75. The molecule has 0 aliphatic rings. The van der Waals surface area contributed by atoms with Crippen molar-refractivity contribution in [1.29, 1.82) is 0 Å². The number of ether oxygens (including phenoxy) is 2. The van der Waals surface area contributed by atoms with Gasteiger partial charge in [0, 0.05) is 19.2 Å². The third-order valence-corrected chi connectivity index (χ3v) is 2.87. The summed E-state index contributed by atoms with van der Waals surface area (Å²) in [5.74, 6) is 1.46. The van der Waals surface area contributed by atoms with E-state index in [4.69, 9.17) is 9.47 Å². The topological polar surface area (TPSA) is 85.4 Å². The van der Waals surface area contributed by atoms with E-state index in [1.54, 1.807) is 50.6 Å². The van der Waals surface area contributed by atoms with Crippen molar-refractivity contribution >= 4 is 17.5 Å². The van der Waals surface area contributed by atoms with Crippen molar-refractivity contribution in [2.75, 3.05) is 38.0 Å². The average Bonchev–Trinajstić information content (AvgIpc) is 2.57. The number of anilines is 2. The zero-order valence-electron chi connectivity index (χ0n) is 12.5. The molecule has 2 rings (SSSR count). The number of nitrogens with one attached hydrogen (secondary N) is 2. The summed E-state index contributed by atoms with van der Waals surface area (Å²) in [5.41, 5.74) is 0.518. The van der Waals surface area contributed by atoms with Crippen molar-refractivity contribution < 1.29 is 14.3 Å². The molecule has 0 fully saturated rings. The Bertz CT molecular complexity index is 599. The van der Waals surface area contributed by atoms with Gasteiger partial charge in [0.25, 0.3) is 5.91 Å². The first-order valence-corrected chi connectivity index (χ1v) is 6.75. The van der Waals surface area contributed by atoms with Crippen molar-refractivity contribution in [3.63, 3.8) is 0 Å². The minimum absolute atomic E-state index is 0.253. The van der Waals surface area contributed by atoms with Crippen molar-refractivity contribution in [3.05, 3.63) is 42.0 Å². The van der Waals surface area contributed by atoms with Crippen LogP contribution in [0.2, 0.25) is 0 Å². The number of aromatic nitrogens is 2. The molecule has 22 heavy (non-hydrogen) atoms. The number of amides is 1. The molecular weight excluding hydrogens is 284 g/mol. The molecule has 7 heteroatoms. The van der Waals surface area contributed by atoms with E-state index in [0.717, 1.165) is 0 Å². The Morgan fingerprint density at radius 3 is 2.32 bits per heavy atom. The minimum atomic E-state index is -0.253. The van der Waals surface area contributed by atoms with E-state index in [1.807, 2.05) is 0 Å². The summed E-state index contributed by atoms with van der Waals surface area (Å²) in [6.07, 6.45) is 0. The zero-order chi connectivity index (χ0) is 15.8. The van der Waals surface area contributed by atoms with E-state index in [1.165, 1.54) is 0 Å². The van der Waals surface area contributed by atoms with Gasteiger partial charge in [-0.05, 0) is 36.4 Å². The van der Waals surface area contributed by atoms with Gasteiger partial charge in [0.1, 0.15) is 11.6 Å². The molecule has 2 aromatic rings. The first-order chi connectivity index (χ1) is 10.7. The van der Waals surface area contributed by atoms with Crippen molar-refractivity contribution in [1.82, 2.24) is 10.2 Å². The lowest BCUT2D eigenvalue weighted by atomic mass is 10.2. The molecule has 0 bridgehead atoms. The zero-order valence-corrected chi connectivity index (χ0v) is 12.5. The summed E-state index contributed by atoms with van der Waals surface area (Å²) >= 11 is 0. The molecular formula is C15H18N4O3. The number of benzene rings is 1.